The summed E-state index contributed by atoms with van der Waals surface area (Å²) in [4.78, 5) is 3.37. The molecule has 9 heteroatoms. The van der Waals surface area contributed by atoms with E-state index in [2.05, 4.69) is 10.3 Å². The smallest absolute Gasteiger partial charge is 0.309 e. The number of nitrogens with zero attached hydrogens (tertiary/aromatic N) is 1. The van der Waals surface area contributed by atoms with E-state index in [4.69, 9.17) is 0 Å². The van der Waals surface area contributed by atoms with E-state index in [0.717, 1.165) is 6.20 Å². The molecule has 0 spiro atoms. The molecule has 0 aliphatic rings. The van der Waals surface area contributed by atoms with Crippen LogP contribution in [0.1, 0.15) is 35.7 Å². The van der Waals surface area contributed by atoms with Crippen LogP contribution < -0.4 is 5.32 Å². The van der Waals surface area contributed by atoms with Crippen molar-refractivity contribution in [2.24, 2.45) is 0 Å². The number of thiazole rings is 1. The number of alkyl halides is 6. The van der Waals surface area contributed by atoms with Gasteiger partial charge in [-0.2, -0.15) is 26.3 Å². The van der Waals surface area contributed by atoms with Crippen molar-refractivity contribution >= 4 is 11.3 Å². The fraction of sp³-hybridized carbons (Fsp3) is 0.700. The topological polar surface area (TPSA) is 24.9 Å². The summed E-state index contributed by atoms with van der Waals surface area (Å²) in [7, 11) is 0. The molecule has 0 amide bonds. The summed E-state index contributed by atoms with van der Waals surface area (Å²) in [6, 6.07) is -0.764. The SMILES string of the molecule is CCNC(CCC(F)(F)F)c1cnc(C(F)(F)F)s1. The van der Waals surface area contributed by atoms with Crippen molar-refractivity contribution < 1.29 is 26.3 Å². The number of halogens is 6. The molecule has 0 saturated heterocycles. The molecule has 0 aromatic carbocycles. The van der Waals surface area contributed by atoms with Gasteiger partial charge in [0.1, 0.15) is 0 Å². The van der Waals surface area contributed by atoms with Crippen molar-refractivity contribution in [1.29, 1.82) is 0 Å². The van der Waals surface area contributed by atoms with Gasteiger partial charge in [0.15, 0.2) is 5.01 Å². The molecular weight excluding hydrogens is 294 g/mol. The van der Waals surface area contributed by atoms with Crippen LogP contribution in [0, 0.1) is 0 Å². The molecule has 0 aliphatic carbocycles. The van der Waals surface area contributed by atoms with Crippen molar-refractivity contribution in [3.8, 4) is 0 Å². The van der Waals surface area contributed by atoms with Gasteiger partial charge < -0.3 is 5.32 Å². The van der Waals surface area contributed by atoms with E-state index in [-0.39, 0.29) is 11.3 Å². The molecule has 1 aromatic heterocycles. The lowest BCUT2D eigenvalue weighted by molar-refractivity contribution is -0.138. The first-order chi connectivity index (χ1) is 8.63. The second-order valence-corrected chi connectivity index (χ2v) is 4.89. The predicted octanol–water partition coefficient (Wildman–Crippen LogP) is 4.16. The number of hydrogen-bond donors (Lipinski definition) is 1. The second kappa shape index (κ2) is 6.08. The Morgan fingerprint density at radius 2 is 1.89 bits per heavy atom. The summed E-state index contributed by atoms with van der Waals surface area (Å²) in [6.07, 6.45) is -9.27. The third-order valence-electron chi connectivity index (χ3n) is 2.28. The Morgan fingerprint density at radius 1 is 1.26 bits per heavy atom. The van der Waals surface area contributed by atoms with E-state index >= 15 is 0 Å². The molecule has 1 unspecified atom stereocenters. The number of nitrogens with one attached hydrogen (secondary N) is 1. The first-order valence-corrected chi connectivity index (χ1v) is 6.28. The van der Waals surface area contributed by atoms with Gasteiger partial charge in [0.05, 0.1) is 0 Å². The van der Waals surface area contributed by atoms with Gasteiger partial charge in [-0.3, -0.25) is 0 Å². The number of hydrogen-bond acceptors (Lipinski definition) is 3. The second-order valence-electron chi connectivity index (χ2n) is 3.83. The number of aromatic nitrogens is 1. The summed E-state index contributed by atoms with van der Waals surface area (Å²) in [5.74, 6) is 0. The predicted molar refractivity (Wildman–Crippen MR) is 58.8 cm³/mol. The van der Waals surface area contributed by atoms with Gasteiger partial charge in [-0.15, -0.1) is 11.3 Å². The summed E-state index contributed by atoms with van der Waals surface area (Å²) in [6.45, 7) is 2.04. The minimum atomic E-state index is -4.57. The maximum Gasteiger partial charge on any atom is 0.443 e. The van der Waals surface area contributed by atoms with Crippen molar-refractivity contribution in [2.75, 3.05) is 6.54 Å². The largest absolute Gasteiger partial charge is 0.443 e. The van der Waals surface area contributed by atoms with Gasteiger partial charge in [-0.1, -0.05) is 6.92 Å². The Kier molecular flexibility index (Phi) is 5.19. The van der Waals surface area contributed by atoms with Crippen molar-refractivity contribution in [3.63, 3.8) is 0 Å². The van der Waals surface area contributed by atoms with Gasteiger partial charge >= 0.3 is 12.4 Å². The average Bonchev–Trinajstić information content (AvgIpc) is 2.71. The molecule has 1 N–H and O–H groups in total. The molecule has 0 saturated carbocycles. The lowest BCUT2D eigenvalue weighted by Gasteiger charge is -2.16. The Bertz CT molecular complexity index is 397. The van der Waals surface area contributed by atoms with Crippen molar-refractivity contribution in [2.45, 2.75) is 38.2 Å². The molecule has 2 nitrogen and oxygen atoms in total. The van der Waals surface area contributed by atoms with Gasteiger partial charge in [0, 0.05) is 23.5 Å². The van der Waals surface area contributed by atoms with E-state index < -0.39 is 29.8 Å². The van der Waals surface area contributed by atoms with E-state index in [1.54, 1.807) is 6.92 Å². The Morgan fingerprint density at radius 3 is 2.32 bits per heavy atom. The molecular formula is C10H12F6N2S. The minimum Gasteiger partial charge on any atom is -0.309 e. The summed E-state index contributed by atoms with van der Waals surface area (Å²) in [5.41, 5.74) is 0. The van der Waals surface area contributed by atoms with Gasteiger partial charge in [0.2, 0.25) is 0 Å². The van der Waals surface area contributed by atoms with Crippen LogP contribution in [0.25, 0.3) is 0 Å². The van der Waals surface area contributed by atoms with Gasteiger partial charge in [-0.05, 0) is 13.0 Å². The summed E-state index contributed by atoms with van der Waals surface area (Å²) in [5, 5.41) is 1.70. The first kappa shape index (κ1) is 16.2. The van der Waals surface area contributed by atoms with Crippen LogP contribution in [0.5, 0.6) is 0 Å². The van der Waals surface area contributed by atoms with Crippen LogP contribution in [0.15, 0.2) is 6.20 Å². The Labute approximate surface area is 109 Å². The first-order valence-electron chi connectivity index (χ1n) is 5.46. The average molecular weight is 306 g/mol. The highest BCUT2D eigenvalue weighted by Crippen LogP contribution is 2.36. The van der Waals surface area contributed by atoms with Crippen LogP contribution in [-0.4, -0.2) is 17.7 Å². The van der Waals surface area contributed by atoms with E-state index in [0.29, 0.717) is 17.9 Å². The molecule has 0 aliphatic heterocycles. The highest BCUT2D eigenvalue weighted by Gasteiger charge is 2.36. The molecule has 1 atom stereocenters. The maximum atomic E-state index is 12.4. The Balaban J connectivity index is 2.78. The van der Waals surface area contributed by atoms with E-state index in [1.807, 2.05) is 0 Å². The third-order valence-corrected chi connectivity index (χ3v) is 3.43. The van der Waals surface area contributed by atoms with Crippen molar-refractivity contribution in [3.05, 3.63) is 16.1 Å². The monoisotopic (exact) mass is 306 g/mol. The van der Waals surface area contributed by atoms with E-state index in [1.165, 1.54) is 0 Å². The lowest BCUT2D eigenvalue weighted by Crippen LogP contribution is -2.22. The minimum absolute atomic E-state index is 0.165. The fourth-order valence-electron chi connectivity index (χ4n) is 1.48. The zero-order valence-electron chi connectivity index (χ0n) is 9.90. The molecule has 0 fully saturated rings. The van der Waals surface area contributed by atoms with Crippen LogP contribution >= 0.6 is 11.3 Å². The molecule has 19 heavy (non-hydrogen) atoms. The van der Waals surface area contributed by atoms with Crippen LogP contribution in [-0.2, 0) is 6.18 Å². The molecule has 0 bridgehead atoms. The fourth-order valence-corrected chi connectivity index (χ4v) is 2.37. The normalized spacial score (nSPS) is 14.7. The molecule has 0 radical (unpaired) electrons. The Hall–Kier alpha value is -0.830. The van der Waals surface area contributed by atoms with E-state index in [9.17, 15) is 26.3 Å². The number of rotatable bonds is 5. The highest BCUT2D eigenvalue weighted by molar-refractivity contribution is 7.11. The highest BCUT2D eigenvalue weighted by atomic mass is 32.1. The lowest BCUT2D eigenvalue weighted by atomic mass is 10.1. The molecule has 1 heterocycles. The van der Waals surface area contributed by atoms with Crippen molar-refractivity contribution in [1.82, 2.24) is 10.3 Å². The van der Waals surface area contributed by atoms with Gasteiger partial charge in [-0.25, -0.2) is 4.98 Å². The van der Waals surface area contributed by atoms with Gasteiger partial charge in [0.25, 0.3) is 0 Å². The quantitative estimate of drug-likeness (QED) is 0.826. The standard InChI is InChI=1S/C10H12F6N2S/c1-2-17-6(3-4-9(11,12)13)7-5-18-8(19-7)10(14,15)16/h5-6,17H,2-4H2,1H3. The molecule has 110 valence electrons. The molecule has 1 rings (SSSR count). The zero-order valence-corrected chi connectivity index (χ0v) is 10.7. The van der Waals surface area contributed by atoms with Crippen LogP contribution in [0.4, 0.5) is 26.3 Å². The third kappa shape index (κ3) is 5.35. The van der Waals surface area contributed by atoms with Crippen LogP contribution in [0.2, 0.25) is 0 Å². The summed E-state index contributed by atoms with van der Waals surface area (Å²) >= 11 is 0.372. The zero-order chi connectivity index (χ0) is 14.7. The van der Waals surface area contributed by atoms with Crippen LogP contribution in [0.3, 0.4) is 0 Å². The molecule has 1 aromatic rings. The maximum absolute atomic E-state index is 12.4. The summed E-state index contributed by atoms with van der Waals surface area (Å²) < 4.78 is 73.6.